The lowest BCUT2D eigenvalue weighted by molar-refractivity contribution is 0.199. The molecular formula is C21H23F2NO3. The first-order chi connectivity index (χ1) is 12.8. The summed E-state index contributed by atoms with van der Waals surface area (Å²) in [6, 6.07) is 8.98. The van der Waals surface area contributed by atoms with Gasteiger partial charge in [-0.1, -0.05) is 32.9 Å². The summed E-state index contributed by atoms with van der Waals surface area (Å²) >= 11 is 0. The van der Waals surface area contributed by atoms with E-state index in [1.54, 1.807) is 0 Å². The number of aliphatic hydroxyl groups is 1. The van der Waals surface area contributed by atoms with Crippen LogP contribution < -0.4 is 4.74 Å². The Balaban J connectivity index is 2.01. The fourth-order valence-corrected chi connectivity index (χ4v) is 2.93. The number of hydrogen-bond donors (Lipinski definition) is 1. The Bertz CT molecular complexity index is 839. The Labute approximate surface area is 157 Å². The van der Waals surface area contributed by atoms with E-state index in [4.69, 9.17) is 14.6 Å². The van der Waals surface area contributed by atoms with Gasteiger partial charge in [-0.2, -0.15) is 0 Å². The molecule has 27 heavy (non-hydrogen) atoms. The molecule has 0 saturated heterocycles. The third-order valence-electron chi connectivity index (χ3n) is 4.41. The van der Waals surface area contributed by atoms with Gasteiger partial charge in [-0.15, -0.1) is 0 Å². The summed E-state index contributed by atoms with van der Waals surface area (Å²) in [5, 5.41) is 9.06. The van der Waals surface area contributed by atoms with E-state index in [0.717, 1.165) is 11.1 Å². The minimum atomic E-state index is -0.713. The molecule has 0 amide bonds. The summed E-state index contributed by atoms with van der Waals surface area (Å²) in [6.45, 7) is 6.47. The van der Waals surface area contributed by atoms with E-state index >= 15 is 0 Å². The van der Waals surface area contributed by atoms with Crippen LogP contribution in [0.4, 0.5) is 8.78 Å². The molecule has 1 atom stereocenters. The standard InChI is InChI=1S/C21H23F2NO3/c1-21(2,3)13-7-8-18(26-10-9-25)14(11-13)17-12-27-20(24-17)19-15(22)5-4-6-16(19)23/h4-8,11,17,25H,9-10,12H2,1-3H3. The molecule has 1 unspecified atom stereocenters. The van der Waals surface area contributed by atoms with Crippen LogP contribution in [0, 0.1) is 11.6 Å². The van der Waals surface area contributed by atoms with Crippen LogP contribution in [0.25, 0.3) is 0 Å². The van der Waals surface area contributed by atoms with Gasteiger partial charge in [0.15, 0.2) is 0 Å². The summed E-state index contributed by atoms with van der Waals surface area (Å²) in [5.74, 6) is -0.904. The zero-order valence-corrected chi connectivity index (χ0v) is 15.6. The lowest BCUT2D eigenvalue weighted by atomic mass is 9.85. The van der Waals surface area contributed by atoms with E-state index in [0.29, 0.717) is 5.75 Å². The van der Waals surface area contributed by atoms with Crippen LogP contribution in [0.2, 0.25) is 0 Å². The number of benzene rings is 2. The molecule has 1 N–H and O–H groups in total. The SMILES string of the molecule is CC(C)(C)c1ccc(OCCO)c(C2COC(c3c(F)cccc3F)=N2)c1. The van der Waals surface area contributed by atoms with Crippen LogP contribution in [0.15, 0.2) is 41.4 Å². The highest BCUT2D eigenvalue weighted by Crippen LogP contribution is 2.36. The van der Waals surface area contributed by atoms with Crippen molar-refractivity contribution in [3.63, 3.8) is 0 Å². The van der Waals surface area contributed by atoms with Gasteiger partial charge < -0.3 is 14.6 Å². The minimum absolute atomic E-state index is 0.0510. The predicted molar refractivity (Wildman–Crippen MR) is 99.3 cm³/mol. The molecule has 2 aromatic carbocycles. The molecule has 0 aromatic heterocycles. The van der Waals surface area contributed by atoms with E-state index in [1.165, 1.54) is 18.2 Å². The quantitative estimate of drug-likeness (QED) is 0.854. The van der Waals surface area contributed by atoms with Crippen molar-refractivity contribution in [2.75, 3.05) is 19.8 Å². The van der Waals surface area contributed by atoms with Crippen molar-refractivity contribution in [3.05, 3.63) is 64.7 Å². The first-order valence-electron chi connectivity index (χ1n) is 8.84. The predicted octanol–water partition coefficient (Wildman–Crippen LogP) is 4.15. The van der Waals surface area contributed by atoms with E-state index < -0.39 is 17.7 Å². The molecule has 0 radical (unpaired) electrons. The maximum atomic E-state index is 14.0. The number of nitrogens with zero attached hydrogens (tertiary/aromatic N) is 1. The van der Waals surface area contributed by atoms with Crippen molar-refractivity contribution in [3.8, 4) is 5.75 Å². The summed E-state index contributed by atoms with van der Waals surface area (Å²) in [6.07, 6.45) is 0. The molecule has 0 spiro atoms. The zero-order valence-electron chi connectivity index (χ0n) is 15.6. The average Bonchev–Trinajstić information content (AvgIpc) is 3.08. The van der Waals surface area contributed by atoms with Gasteiger partial charge in [-0.25, -0.2) is 13.8 Å². The normalized spacial score (nSPS) is 16.8. The van der Waals surface area contributed by atoms with Gasteiger partial charge in [-0.3, -0.25) is 0 Å². The second-order valence-electron chi connectivity index (χ2n) is 7.43. The zero-order chi connectivity index (χ0) is 19.6. The summed E-state index contributed by atoms with van der Waals surface area (Å²) in [5.41, 5.74) is 1.50. The molecule has 144 valence electrons. The van der Waals surface area contributed by atoms with Gasteiger partial charge in [0, 0.05) is 5.56 Å². The van der Waals surface area contributed by atoms with Gasteiger partial charge >= 0.3 is 0 Å². The Kier molecular flexibility index (Phi) is 5.46. The molecule has 0 bridgehead atoms. The molecule has 6 heteroatoms. The van der Waals surface area contributed by atoms with Crippen molar-refractivity contribution in [1.29, 1.82) is 0 Å². The van der Waals surface area contributed by atoms with Crippen molar-refractivity contribution in [1.82, 2.24) is 0 Å². The number of rotatable bonds is 5. The number of ether oxygens (including phenoxy) is 2. The molecule has 0 fully saturated rings. The third kappa shape index (κ3) is 4.11. The molecule has 1 aliphatic rings. The van der Waals surface area contributed by atoms with Crippen molar-refractivity contribution in [2.45, 2.75) is 32.2 Å². The highest BCUT2D eigenvalue weighted by Gasteiger charge is 2.29. The molecular weight excluding hydrogens is 352 g/mol. The Morgan fingerprint density at radius 3 is 2.52 bits per heavy atom. The van der Waals surface area contributed by atoms with Crippen LogP contribution in [-0.2, 0) is 10.2 Å². The highest BCUT2D eigenvalue weighted by molar-refractivity contribution is 5.95. The van der Waals surface area contributed by atoms with E-state index in [9.17, 15) is 8.78 Å². The molecule has 3 rings (SSSR count). The summed E-state index contributed by atoms with van der Waals surface area (Å²) in [7, 11) is 0. The fourth-order valence-electron chi connectivity index (χ4n) is 2.93. The molecule has 0 aliphatic carbocycles. The van der Waals surface area contributed by atoms with E-state index in [2.05, 4.69) is 25.8 Å². The van der Waals surface area contributed by atoms with Crippen LogP contribution in [0.5, 0.6) is 5.75 Å². The Morgan fingerprint density at radius 2 is 1.89 bits per heavy atom. The molecule has 4 nitrogen and oxygen atoms in total. The fraction of sp³-hybridized carbons (Fsp3) is 0.381. The first kappa shape index (κ1) is 19.3. The molecule has 2 aromatic rings. The highest BCUT2D eigenvalue weighted by atomic mass is 19.1. The van der Waals surface area contributed by atoms with Crippen molar-refractivity contribution in [2.24, 2.45) is 4.99 Å². The lowest BCUT2D eigenvalue weighted by Crippen LogP contribution is -2.13. The Hall–Kier alpha value is -2.47. The third-order valence-corrected chi connectivity index (χ3v) is 4.41. The maximum Gasteiger partial charge on any atom is 0.222 e. The van der Waals surface area contributed by atoms with Crippen molar-refractivity contribution < 1.29 is 23.4 Å². The largest absolute Gasteiger partial charge is 0.491 e. The Morgan fingerprint density at radius 1 is 1.19 bits per heavy atom. The number of halogens is 2. The van der Waals surface area contributed by atoms with Crippen LogP contribution in [0.1, 0.15) is 43.5 Å². The number of aliphatic imine (C=N–C) groups is 1. The van der Waals surface area contributed by atoms with Gasteiger partial charge in [0.1, 0.15) is 42.2 Å². The monoisotopic (exact) mass is 375 g/mol. The van der Waals surface area contributed by atoms with E-state index in [1.807, 2.05) is 18.2 Å². The van der Waals surface area contributed by atoms with E-state index in [-0.39, 0.29) is 36.7 Å². The maximum absolute atomic E-state index is 14.0. The van der Waals surface area contributed by atoms with Crippen molar-refractivity contribution >= 4 is 5.90 Å². The van der Waals surface area contributed by atoms with Gasteiger partial charge in [-0.05, 0) is 35.2 Å². The number of aliphatic hydroxyl groups excluding tert-OH is 1. The first-order valence-corrected chi connectivity index (χ1v) is 8.84. The smallest absolute Gasteiger partial charge is 0.222 e. The van der Waals surface area contributed by atoms with Crippen LogP contribution in [-0.4, -0.2) is 30.8 Å². The second kappa shape index (κ2) is 7.64. The number of hydrogen-bond acceptors (Lipinski definition) is 4. The molecule has 1 aliphatic heterocycles. The lowest BCUT2D eigenvalue weighted by Gasteiger charge is -2.22. The second-order valence-corrected chi connectivity index (χ2v) is 7.43. The molecule has 0 saturated carbocycles. The van der Waals surface area contributed by atoms with Gasteiger partial charge in [0.2, 0.25) is 5.90 Å². The average molecular weight is 375 g/mol. The van der Waals surface area contributed by atoms with Crippen LogP contribution in [0.3, 0.4) is 0 Å². The van der Waals surface area contributed by atoms with Gasteiger partial charge in [0.05, 0.1) is 6.61 Å². The minimum Gasteiger partial charge on any atom is -0.491 e. The topological polar surface area (TPSA) is 51.0 Å². The molecule has 1 heterocycles. The summed E-state index contributed by atoms with van der Waals surface area (Å²) in [4.78, 5) is 4.41. The van der Waals surface area contributed by atoms with Gasteiger partial charge in [0.25, 0.3) is 0 Å². The van der Waals surface area contributed by atoms with Crippen LogP contribution >= 0.6 is 0 Å². The summed E-state index contributed by atoms with van der Waals surface area (Å²) < 4.78 is 39.2.